The van der Waals surface area contributed by atoms with Crippen LogP contribution in [0.2, 0.25) is 0 Å². The van der Waals surface area contributed by atoms with Crippen LogP contribution in [0.3, 0.4) is 0 Å². The van der Waals surface area contributed by atoms with E-state index in [1.807, 2.05) is 0 Å². The predicted octanol–water partition coefficient (Wildman–Crippen LogP) is 3.12. The van der Waals surface area contributed by atoms with Crippen LogP contribution in [0.1, 0.15) is 44.1 Å². The smallest absolute Gasteiger partial charge is 0.289 e. The first-order chi connectivity index (χ1) is 12.4. The van der Waals surface area contributed by atoms with Crippen molar-refractivity contribution in [3.05, 3.63) is 23.8 Å². The number of aliphatic imine (C=N–C) groups is 2. The van der Waals surface area contributed by atoms with E-state index in [-0.39, 0.29) is 0 Å². The van der Waals surface area contributed by atoms with Gasteiger partial charge >= 0.3 is 0 Å². The molecule has 25 heavy (non-hydrogen) atoms. The van der Waals surface area contributed by atoms with Crippen molar-refractivity contribution >= 4 is 23.2 Å². The van der Waals surface area contributed by atoms with E-state index in [2.05, 4.69) is 39.1 Å². The largest absolute Gasteiger partial charge is 0.460 e. The maximum Gasteiger partial charge on any atom is 0.289 e. The molecule has 4 rings (SSSR count). The van der Waals surface area contributed by atoms with Crippen LogP contribution in [0.4, 0.5) is 11.4 Å². The van der Waals surface area contributed by atoms with Crippen molar-refractivity contribution in [2.24, 2.45) is 9.98 Å². The van der Waals surface area contributed by atoms with Gasteiger partial charge in [-0.2, -0.15) is 0 Å². The number of anilines is 2. The highest BCUT2D eigenvalue weighted by Gasteiger charge is 2.18. The minimum atomic E-state index is 0.409. The van der Waals surface area contributed by atoms with Crippen LogP contribution in [0.25, 0.3) is 0 Å². The summed E-state index contributed by atoms with van der Waals surface area (Å²) in [5.41, 5.74) is 3.34. The molecule has 0 spiro atoms. The Labute approximate surface area is 149 Å². The van der Waals surface area contributed by atoms with Crippen molar-refractivity contribution in [2.45, 2.75) is 51.2 Å². The molecule has 1 aromatic rings. The van der Waals surface area contributed by atoms with E-state index >= 15 is 0 Å². The molecule has 1 aromatic carbocycles. The first-order valence-corrected chi connectivity index (χ1v) is 9.48. The van der Waals surface area contributed by atoms with Crippen molar-refractivity contribution in [2.75, 3.05) is 30.3 Å². The standard InChI is InChI=1S/C19H27N5O/c1-2-4-6-15(5-3-1)23-19-24-17-8-7-16(11-14(17)13-25-19)22-12-18-20-9-10-21-18/h7-8,11,15,22H,1-6,9-10,12-13H2,(H,20,21)(H,23,24). The van der Waals surface area contributed by atoms with Gasteiger partial charge in [-0.05, 0) is 31.0 Å². The van der Waals surface area contributed by atoms with Crippen LogP contribution >= 0.6 is 0 Å². The van der Waals surface area contributed by atoms with E-state index < -0.39 is 0 Å². The van der Waals surface area contributed by atoms with E-state index in [0.29, 0.717) is 18.7 Å². The van der Waals surface area contributed by atoms with Gasteiger partial charge in [0.05, 0.1) is 19.1 Å². The monoisotopic (exact) mass is 341 g/mol. The molecule has 0 unspecified atom stereocenters. The Morgan fingerprint density at radius 2 is 2.08 bits per heavy atom. The fraction of sp³-hybridized carbons (Fsp3) is 0.579. The Hall–Kier alpha value is -2.24. The topological polar surface area (TPSA) is 70.0 Å². The molecule has 0 radical (unpaired) electrons. The van der Waals surface area contributed by atoms with Crippen molar-refractivity contribution in [3.63, 3.8) is 0 Å². The van der Waals surface area contributed by atoms with Crippen LogP contribution in [-0.2, 0) is 11.3 Å². The molecule has 2 heterocycles. The number of ether oxygens (including phenoxy) is 1. The molecule has 2 aliphatic heterocycles. The normalized spacial score (nSPS) is 22.2. The number of fused-ring (bicyclic) bond motifs is 1. The molecule has 6 heteroatoms. The molecule has 1 saturated carbocycles. The second-order valence-corrected chi connectivity index (χ2v) is 6.97. The van der Waals surface area contributed by atoms with Crippen LogP contribution < -0.4 is 16.0 Å². The fourth-order valence-electron chi connectivity index (χ4n) is 3.62. The van der Waals surface area contributed by atoms with E-state index in [4.69, 9.17) is 9.73 Å². The molecule has 1 aliphatic carbocycles. The van der Waals surface area contributed by atoms with Gasteiger partial charge in [-0.1, -0.05) is 25.7 Å². The Bertz CT molecular complexity index is 662. The SMILES string of the molecule is c1cc2c(cc1NCC1=NCCN1)COC(=NC1CCCCCC1)N2. The van der Waals surface area contributed by atoms with E-state index in [0.717, 1.165) is 42.4 Å². The Kier molecular flexibility index (Phi) is 5.04. The van der Waals surface area contributed by atoms with E-state index in [1.54, 1.807) is 0 Å². The molecule has 0 atom stereocenters. The quantitative estimate of drug-likeness (QED) is 0.736. The summed E-state index contributed by atoms with van der Waals surface area (Å²) >= 11 is 0. The van der Waals surface area contributed by atoms with E-state index in [1.165, 1.54) is 38.5 Å². The van der Waals surface area contributed by atoms with E-state index in [9.17, 15) is 0 Å². The summed E-state index contributed by atoms with van der Waals surface area (Å²) in [6.45, 7) is 3.13. The first kappa shape index (κ1) is 16.2. The molecule has 0 saturated heterocycles. The minimum Gasteiger partial charge on any atom is -0.460 e. The molecule has 3 aliphatic rings. The first-order valence-electron chi connectivity index (χ1n) is 9.48. The molecule has 0 amide bonds. The zero-order chi connectivity index (χ0) is 16.9. The van der Waals surface area contributed by atoms with Gasteiger partial charge in [0, 0.05) is 23.5 Å². The second kappa shape index (κ2) is 7.76. The third-order valence-electron chi connectivity index (χ3n) is 5.04. The van der Waals surface area contributed by atoms with Gasteiger partial charge in [0.25, 0.3) is 6.02 Å². The number of benzene rings is 1. The number of nitrogens with zero attached hydrogens (tertiary/aromatic N) is 2. The van der Waals surface area contributed by atoms with Crippen LogP contribution in [0.5, 0.6) is 0 Å². The summed E-state index contributed by atoms with van der Waals surface area (Å²) in [4.78, 5) is 9.21. The van der Waals surface area contributed by atoms with Crippen molar-refractivity contribution in [1.82, 2.24) is 5.32 Å². The summed E-state index contributed by atoms with van der Waals surface area (Å²) in [6, 6.07) is 7.43. The van der Waals surface area contributed by atoms with Crippen LogP contribution in [0.15, 0.2) is 28.2 Å². The van der Waals surface area contributed by atoms with Gasteiger partial charge in [-0.3, -0.25) is 4.99 Å². The van der Waals surface area contributed by atoms with Crippen molar-refractivity contribution < 1.29 is 4.74 Å². The highest BCUT2D eigenvalue weighted by atomic mass is 16.5. The predicted molar refractivity (Wildman–Crippen MR) is 103 cm³/mol. The lowest BCUT2D eigenvalue weighted by Crippen LogP contribution is -2.26. The third kappa shape index (κ3) is 4.24. The molecule has 0 bridgehead atoms. The Morgan fingerprint density at radius 3 is 2.88 bits per heavy atom. The molecule has 6 nitrogen and oxygen atoms in total. The maximum atomic E-state index is 5.86. The van der Waals surface area contributed by atoms with Gasteiger partial charge in [0.15, 0.2) is 0 Å². The lowest BCUT2D eigenvalue weighted by molar-refractivity contribution is 0.281. The fourth-order valence-corrected chi connectivity index (χ4v) is 3.62. The van der Waals surface area contributed by atoms with Gasteiger partial charge in [0.2, 0.25) is 0 Å². The number of amidine groups is 2. The molecule has 134 valence electrons. The van der Waals surface area contributed by atoms with Gasteiger partial charge < -0.3 is 20.7 Å². The number of hydrogen-bond acceptors (Lipinski definition) is 5. The van der Waals surface area contributed by atoms with Gasteiger partial charge in [-0.15, -0.1) is 0 Å². The summed E-state index contributed by atoms with van der Waals surface area (Å²) in [5.74, 6) is 1.03. The summed E-state index contributed by atoms with van der Waals surface area (Å²) in [6.07, 6.45) is 7.62. The lowest BCUT2D eigenvalue weighted by atomic mass is 10.1. The lowest BCUT2D eigenvalue weighted by Gasteiger charge is -2.23. The molecular weight excluding hydrogens is 314 g/mol. The Morgan fingerprint density at radius 1 is 1.20 bits per heavy atom. The van der Waals surface area contributed by atoms with Crippen molar-refractivity contribution in [1.29, 1.82) is 0 Å². The average Bonchev–Trinajstić information content (AvgIpc) is 3.03. The number of rotatable bonds is 4. The molecular formula is C19H27N5O. The molecule has 1 fully saturated rings. The minimum absolute atomic E-state index is 0.409. The highest BCUT2D eigenvalue weighted by molar-refractivity contribution is 5.92. The molecule has 3 N–H and O–H groups in total. The van der Waals surface area contributed by atoms with Gasteiger partial charge in [-0.25, -0.2) is 4.99 Å². The zero-order valence-electron chi connectivity index (χ0n) is 14.7. The number of hydrogen-bond donors (Lipinski definition) is 3. The second-order valence-electron chi connectivity index (χ2n) is 6.97. The number of nitrogens with one attached hydrogen (secondary N) is 3. The Balaban J connectivity index is 1.38. The van der Waals surface area contributed by atoms with Crippen LogP contribution in [-0.4, -0.2) is 37.5 Å². The molecule has 0 aromatic heterocycles. The summed E-state index contributed by atoms with van der Waals surface area (Å²) in [5, 5.41) is 10.0. The van der Waals surface area contributed by atoms with Crippen molar-refractivity contribution in [3.8, 4) is 0 Å². The highest BCUT2D eigenvalue weighted by Crippen LogP contribution is 2.26. The summed E-state index contributed by atoms with van der Waals surface area (Å²) < 4.78 is 5.86. The zero-order valence-corrected chi connectivity index (χ0v) is 14.7. The average molecular weight is 341 g/mol. The van der Waals surface area contributed by atoms with Crippen LogP contribution in [0, 0.1) is 0 Å². The summed E-state index contributed by atoms with van der Waals surface area (Å²) in [7, 11) is 0. The van der Waals surface area contributed by atoms with Gasteiger partial charge in [0.1, 0.15) is 12.4 Å². The third-order valence-corrected chi connectivity index (χ3v) is 5.04. The maximum absolute atomic E-state index is 5.86.